The number of amides is 2. The molecule has 0 spiro atoms. The maximum atomic E-state index is 11.7. The van der Waals surface area contributed by atoms with E-state index in [4.69, 9.17) is 5.84 Å². The maximum Gasteiger partial charge on any atom is 0.243 e. The second-order valence-corrected chi connectivity index (χ2v) is 4.71. The SMILES string of the molecule is CN1CC(=O)N(Cc2nnc(NN)s2)CC1=O. The molecule has 0 atom stereocenters. The van der Waals surface area contributed by atoms with Crippen molar-refractivity contribution in [2.75, 3.05) is 25.6 Å². The number of carbonyl (C=O) groups is 2. The number of hydrazine groups is 1. The molecule has 0 saturated carbocycles. The van der Waals surface area contributed by atoms with Gasteiger partial charge in [-0.15, -0.1) is 10.2 Å². The molecule has 2 rings (SSSR count). The topological polar surface area (TPSA) is 104 Å². The summed E-state index contributed by atoms with van der Waals surface area (Å²) in [5.41, 5.74) is 2.38. The van der Waals surface area contributed by atoms with E-state index in [0.29, 0.717) is 10.1 Å². The molecular weight excluding hydrogens is 244 g/mol. The molecule has 1 aliphatic heterocycles. The van der Waals surface area contributed by atoms with E-state index >= 15 is 0 Å². The smallest absolute Gasteiger partial charge is 0.243 e. The summed E-state index contributed by atoms with van der Waals surface area (Å²) in [6.07, 6.45) is 0. The summed E-state index contributed by atoms with van der Waals surface area (Å²) in [7, 11) is 1.61. The number of anilines is 1. The number of carbonyl (C=O) groups excluding carboxylic acids is 2. The van der Waals surface area contributed by atoms with Crippen molar-refractivity contribution in [3.8, 4) is 0 Å². The summed E-state index contributed by atoms with van der Waals surface area (Å²) in [6.45, 7) is 0.484. The molecule has 3 N–H and O–H groups in total. The van der Waals surface area contributed by atoms with Crippen LogP contribution < -0.4 is 11.3 Å². The van der Waals surface area contributed by atoms with E-state index in [1.807, 2.05) is 0 Å². The normalized spacial score (nSPS) is 16.6. The highest BCUT2D eigenvalue weighted by molar-refractivity contribution is 7.15. The van der Waals surface area contributed by atoms with Gasteiger partial charge in [0.2, 0.25) is 16.9 Å². The van der Waals surface area contributed by atoms with E-state index < -0.39 is 0 Å². The summed E-state index contributed by atoms with van der Waals surface area (Å²) >= 11 is 1.25. The fourth-order valence-corrected chi connectivity index (χ4v) is 2.11. The number of piperazine rings is 1. The zero-order chi connectivity index (χ0) is 12.4. The van der Waals surface area contributed by atoms with E-state index in [-0.39, 0.29) is 31.4 Å². The first kappa shape index (κ1) is 11.7. The number of hydrogen-bond donors (Lipinski definition) is 2. The minimum absolute atomic E-state index is 0.0775. The number of nitrogens with two attached hydrogens (primary N) is 1. The van der Waals surface area contributed by atoms with Crippen molar-refractivity contribution in [1.82, 2.24) is 20.0 Å². The third-order valence-corrected chi connectivity index (χ3v) is 3.23. The minimum Gasteiger partial charge on any atom is -0.335 e. The van der Waals surface area contributed by atoms with Crippen LogP contribution in [0.2, 0.25) is 0 Å². The molecule has 1 fully saturated rings. The average molecular weight is 256 g/mol. The van der Waals surface area contributed by atoms with Gasteiger partial charge in [-0.05, 0) is 0 Å². The number of nitrogens with one attached hydrogen (secondary N) is 1. The van der Waals surface area contributed by atoms with Crippen LogP contribution in [0, 0.1) is 0 Å². The number of nitrogens with zero attached hydrogens (tertiary/aromatic N) is 4. The lowest BCUT2D eigenvalue weighted by Gasteiger charge is -2.30. The summed E-state index contributed by atoms with van der Waals surface area (Å²) in [5, 5.41) is 8.75. The second kappa shape index (κ2) is 4.63. The van der Waals surface area contributed by atoms with Crippen LogP contribution >= 0.6 is 11.3 Å². The van der Waals surface area contributed by atoms with Gasteiger partial charge in [-0.3, -0.25) is 15.0 Å². The van der Waals surface area contributed by atoms with Crippen LogP contribution in [0.3, 0.4) is 0 Å². The Hall–Kier alpha value is -1.74. The Morgan fingerprint density at radius 3 is 2.76 bits per heavy atom. The van der Waals surface area contributed by atoms with Crippen LogP contribution in [0.5, 0.6) is 0 Å². The van der Waals surface area contributed by atoms with Gasteiger partial charge in [-0.25, -0.2) is 5.84 Å². The van der Waals surface area contributed by atoms with E-state index in [1.165, 1.54) is 21.1 Å². The van der Waals surface area contributed by atoms with Gasteiger partial charge >= 0.3 is 0 Å². The van der Waals surface area contributed by atoms with Crippen molar-refractivity contribution in [2.24, 2.45) is 5.84 Å². The van der Waals surface area contributed by atoms with Gasteiger partial charge in [0.15, 0.2) is 0 Å². The first-order valence-electron chi connectivity index (χ1n) is 4.91. The summed E-state index contributed by atoms with van der Waals surface area (Å²) in [4.78, 5) is 26.0. The molecule has 17 heavy (non-hydrogen) atoms. The lowest BCUT2D eigenvalue weighted by molar-refractivity contribution is -0.149. The largest absolute Gasteiger partial charge is 0.335 e. The molecule has 0 aromatic carbocycles. The predicted octanol–water partition coefficient (Wildman–Crippen LogP) is -1.38. The number of aromatic nitrogens is 2. The van der Waals surface area contributed by atoms with E-state index in [1.54, 1.807) is 7.05 Å². The second-order valence-electron chi connectivity index (χ2n) is 3.64. The van der Waals surface area contributed by atoms with Crippen LogP contribution in [0.4, 0.5) is 5.13 Å². The van der Waals surface area contributed by atoms with Crippen LogP contribution in [-0.4, -0.2) is 51.9 Å². The molecule has 2 amide bonds. The maximum absolute atomic E-state index is 11.7. The van der Waals surface area contributed by atoms with Crippen molar-refractivity contribution in [3.63, 3.8) is 0 Å². The minimum atomic E-state index is -0.0930. The standard InChI is InChI=1S/C8H12N6O2S/c1-13-3-7(16)14(4-6(13)15)2-5-11-12-8(10-9)17-5/h2-4,9H2,1H3,(H,10,12). The lowest BCUT2D eigenvalue weighted by atomic mass is 10.3. The summed E-state index contributed by atoms with van der Waals surface area (Å²) in [5.74, 6) is 5.01. The highest BCUT2D eigenvalue weighted by Gasteiger charge is 2.28. The fourth-order valence-electron chi connectivity index (χ4n) is 1.45. The zero-order valence-corrected chi connectivity index (χ0v) is 10.0. The molecule has 0 bridgehead atoms. The predicted molar refractivity (Wildman–Crippen MR) is 60.8 cm³/mol. The first-order chi connectivity index (χ1) is 8.10. The molecule has 0 radical (unpaired) electrons. The highest BCUT2D eigenvalue weighted by atomic mass is 32.1. The summed E-state index contributed by atoms with van der Waals surface area (Å²) < 4.78 is 0. The Bertz CT molecular complexity index is 447. The molecule has 2 heterocycles. The van der Waals surface area contributed by atoms with Gasteiger partial charge in [0.25, 0.3) is 0 Å². The van der Waals surface area contributed by atoms with Gasteiger partial charge < -0.3 is 9.80 Å². The van der Waals surface area contributed by atoms with Crippen LogP contribution in [-0.2, 0) is 16.1 Å². The molecule has 1 aromatic rings. The molecule has 1 saturated heterocycles. The van der Waals surface area contributed by atoms with Crippen molar-refractivity contribution in [2.45, 2.75) is 6.54 Å². The number of likely N-dealkylation sites (N-methyl/N-ethyl adjacent to an activating group) is 1. The highest BCUT2D eigenvalue weighted by Crippen LogP contribution is 2.16. The molecule has 1 aliphatic rings. The Labute approximate surface area is 101 Å². The number of rotatable bonds is 3. The van der Waals surface area contributed by atoms with Gasteiger partial charge in [-0.1, -0.05) is 11.3 Å². The lowest BCUT2D eigenvalue weighted by Crippen LogP contribution is -2.51. The molecule has 92 valence electrons. The fraction of sp³-hybridized carbons (Fsp3) is 0.500. The van der Waals surface area contributed by atoms with E-state index in [9.17, 15) is 9.59 Å². The van der Waals surface area contributed by atoms with Crippen LogP contribution in [0.1, 0.15) is 5.01 Å². The van der Waals surface area contributed by atoms with E-state index in [2.05, 4.69) is 15.6 Å². The van der Waals surface area contributed by atoms with Gasteiger partial charge in [0, 0.05) is 7.05 Å². The van der Waals surface area contributed by atoms with Crippen LogP contribution in [0.15, 0.2) is 0 Å². The van der Waals surface area contributed by atoms with Crippen molar-refractivity contribution >= 4 is 28.3 Å². The van der Waals surface area contributed by atoms with Crippen molar-refractivity contribution < 1.29 is 9.59 Å². The Kier molecular flexibility index (Phi) is 3.20. The van der Waals surface area contributed by atoms with E-state index in [0.717, 1.165) is 0 Å². The monoisotopic (exact) mass is 256 g/mol. The third-order valence-electron chi connectivity index (χ3n) is 2.39. The van der Waals surface area contributed by atoms with Gasteiger partial charge in [0.1, 0.15) is 11.6 Å². The number of hydrogen-bond acceptors (Lipinski definition) is 7. The molecule has 8 nitrogen and oxygen atoms in total. The van der Waals surface area contributed by atoms with Crippen molar-refractivity contribution in [1.29, 1.82) is 0 Å². The molecule has 9 heteroatoms. The molecule has 0 unspecified atom stereocenters. The Balaban J connectivity index is 2.03. The zero-order valence-electron chi connectivity index (χ0n) is 9.21. The quantitative estimate of drug-likeness (QED) is 0.510. The average Bonchev–Trinajstić information content (AvgIpc) is 2.73. The van der Waals surface area contributed by atoms with Gasteiger partial charge in [-0.2, -0.15) is 0 Å². The van der Waals surface area contributed by atoms with Crippen molar-refractivity contribution in [3.05, 3.63) is 5.01 Å². The molecular formula is C8H12N6O2S. The Morgan fingerprint density at radius 2 is 2.12 bits per heavy atom. The summed E-state index contributed by atoms with van der Waals surface area (Å²) in [6, 6.07) is 0. The molecule has 0 aliphatic carbocycles. The molecule has 1 aromatic heterocycles. The number of nitrogen functional groups attached to an aromatic ring is 1. The third kappa shape index (κ3) is 2.50. The Morgan fingerprint density at radius 1 is 1.35 bits per heavy atom. The first-order valence-corrected chi connectivity index (χ1v) is 5.72. The van der Waals surface area contributed by atoms with Gasteiger partial charge in [0.05, 0.1) is 13.1 Å². The van der Waals surface area contributed by atoms with Crippen LogP contribution in [0.25, 0.3) is 0 Å².